The maximum atomic E-state index is 12.2. The zero-order chi connectivity index (χ0) is 18.4. The third-order valence-corrected chi connectivity index (χ3v) is 4.62. The molecule has 0 aromatic carbocycles. The number of aliphatic hydroxyl groups excluding tert-OH is 3. The van der Waals surface area contributed by atoms with Gasteiger partial charge in [0.15, 0.2) is 17.4 Å². The Morgan fingerprint density at radius 3 is 2.62 bits per heavy atom. The highest BCUT2D eigenvalue weighted by Gasteiger charge is 2.45. The molecule has 2 aromatic heterocycles. The normalized spacial score (nSPS) is 29.6. The summed E-state index contributed by atoms with van der Waals surface area (Å²) in [4.78, 5) is 25.0. The standard InChI is InChI=1S/C14H20N6O6/c15-13-17-10-7(11(24)18-13)16-14(19-1-3-25-4-2-19)20(10)12-9(23)8(22)6(5-21)26-12/h6,8-9,12,21-23H,1-5H2,(H3,15,17,18,24)/t6-,8-,9-,12-/m1/s1. The van der Waals surface area contributed by atoms with Gasteiger partial charge in [-0.25, -0.2) is 4.98 Å². The van der Waals surface area contributed by atoms with Crippen LogP contribution in [0.15, 0.2) is 4.79 Å². The lowest BCUT2D eigenvalue weighted by molar-refractivity contribution is -0.0506. The van der Waals surface area contributed by atoms with Crippen LogP contribution in [0.1, 0.15) is 6.23 Å². The molecule has 2 fully saturated rings. The minimum atomic E-state index is -1.34. The van der Waals surface area contributed by atoms with E-state index in [0.29, 0.717) is 32.3 Å². The van der Waals surface area contributed by atoms with E-state index in [1.165, 1.54) is 4.57 Å². The number of aromatic amines is 1. The Labute approximate surface area is 146 Å². The molecule has 4 heterocycles. The van der Waals surface area contributed by atoms with E-state index in [2.05, 4.69) is 15.0 Å². The lowest BCUT2D eigenvalue weighted by Crippen LogP contribution is -2.39. The first-order valence-electron chi connectivity index (χ1n) is 8.24. The Bertz CT molecular complexity index is 861. The number of aromatic nitrogens is 4. The molecule has 4 rings (SSSR count). The number of hydrogen-bond donors (Lipinski definition) is 5. The number of H-pyrrole nitrogens is 1. The van der Waals surface area contributed by atoms with Crippen LogP contribution in [0.3, 0.4) is 0 Å². The number of nitrogens with two attached hydrogens (primary N) is 1. The zero-order valence-corrected chi connectivity index (χ0v) is 13.8. The second-order valence-electron chi connectivity index (χ2n) is 6.23. The highest BCUT2D eigenvalue weighted by molar-refractivity contribution is 5.75. The molecule has 26 heavy (non-hydrogen) atoms. The first-order valence-corrected chi connectivity index (χ1v) is 8.24. The predicted octanol–water partition coefficient (Wildman–Crippen LogP) is -2.85. The number of imidazole rings is 1. The summed E-state index contributed by atoms with van der Waals surface area (Å²) in [5, 5.41) is 29.9. The molecule has 2 aliphatic rings. The van der Waals surface area contributed by atoms with Crippen LogP contribution in [0, 0.1) is 0 Å². The minimum absolute atomic E-state index is 0.0402. The summed E-state index contributed by atoms with van der Waals surface area (Å²) in [6.45, 7) is 1.53. The number of fused-ring (bicyclic) bond motifs is 1. The highest BCUT2D eigenvalue weighted by atomic mass is 16.6. The lowest BCUT2D eigenvalue weighted by atomic mass is 10.1. The van der Waals surface area contributed by atoms with Gasteiger partial charge < -0.3 is 35.4 Å². The Morgan fingerprint density at radius 1 is 1.23 bits per heavy atom. The second-order valence-corrected chi connectivity index (χ2v) is 6.23. The summed E-state index contributed by atoms with van der Waals surface area (Å²) in [5.41, 5.74) is 5.31. The summed E-state index contributed by atoms with van der Waals surface area (Å²) >= 11 is 0. The number of anilines is 2. The molecule has 0 unspecified atom stereocenters. The molecule has 0 spiro atoms. The van der Waals surface area contributed by atoms with E-state index in [0.717, 1.165) is 0 Å². The summed E-state index contributed by atoms with van der Waals surface area (Å²) < 4.78 is 12.4. The van der Waals surface area contributed by atoms with Gasteiger partial charge in [-0.2, -0.15) is 4.98 Å². The smallest absolute Gasteiger partial charge is 0.280 e. The van der Waals surface area contributed by atoms with Crippen LogP contribution < -0.4 is 16.2 Å². The van der Waals surface area contributed by atoms with Crippen LogP contribution in [0.25, 0.3) is 11.2 Å². The SMILES string of the molecule is Nc1nc2c(nc(N3CCOCC3)n2[C@@H]2O[C@H](CO)[C@@H](O)[C@H]2O)c(=O)[nH]1. The van der Waals surface area contributed by atoms with Crippen molar-refractivity contribution in [3.05, 3.63) is 10.4 Å². The summed E-state index contributed by atoms with van der Waals surface area (Å²) in [7, 11) is 0. The monoisotopic (exact) mass is 368 g/mol. The average Bonchev–Trinajstić information content (AvgIpc) is 3.14. The number of nitrogens with one attached hydrogen (secondary N) is 1. The predicted molar refractivity (Wildman–Crippen MR) is 88.6 cm³/mol. The fourth-order valence-corrected chi connectivity index (χ4v) is 3.30. The Balaban J connectivity index is 1.89. The molecule has 0 amide bonds. The zero-order valence-electron chi connectivity index (χ0n) is 13.8. The molecule has 0 bridgehead atoms. The van der Waals surface area contributed by atoms with Crippen molar-refractivity contribution in [3.8, 4) is 0 Å². The number of hydrogen-bond acceptors (Lipinski definition) is 10. The van der Waals surface area contributed by atoms with Gasteiger partial charge >= 0.3 is 0 Å². The van der Waals surface area contributed by atoms with Crippen molar-refractivity contribution in [1.82, 2.24) is 19.5 Å². The molecule has 2 saturated heterocycles. The van der Waals surface area contributed by atoms with Gasteiger partial charge in [0, 0.05) is 13.1 Å². The molecule has 0 saturated carbocycles. The summed E-state index contributed by atoms with van der Waals surface area (Å²) in [5.74, 6) is 0.241. The van der Waals surface area contributed by atoms with Crippen molar-refractivity contribution in [1.29, 1.82) is 0 Å². The van der Waals surface area contributed by atoms with E-state index >= 15 is 0 Å². The molecule has 12 nitrogen and oxygen atoms in total. The number of rotatable bonds is 3. The first kappa shape index (κ1) is 17.2. The maximum absolute atomic E-state index is 12.2. The van der Waals surface area contributed by atoms with E-state index < -0.39 is 36.7 Å². The van der Waals surface area contributed by atoms with Crippen LogP contribution in [-0.4, -0.2) is 86.1 Å². The van der Waals surface area contributed by atoms with E-state index in [1.54, 1.807) is 0 Å². The van der Waals surface area contributed by atoms with Crippen LogP contribution in [0.2, 0.25) is 0 Å². The number of nitrogen functional groups attached to an aromatic ring is 1. The number of aliphatic hydroxyl groups is 3. The van der Waals surface area contributed by atoms with Crippen LogP contribution in [0.4, 0.5) is 11.9 Å². The minimum Gasteiger partial charge on any atom is -0.394 e. The van der Waals surface area contributed by atoms with Gasteiger partial charge in [-0.3, -0.25) is 14.3 Å². The largest absolute Gasteiger partial charge is 0.394 e. The summed E-state index contributed by atoms with van der Waals surface area (Å²) in [6.07, 6.45) is -4.69. The van der Waals surface area contributed by atoms with Gasteiger partial charge in [0.2, 0.25) is 11.9 Å². The van der Waals surface area contributed by atoms with Crippen molar-refractivity contribution >= 4 is 23.1 Å². The molecule has 6 N–H and O–H groups in total. The topological polar surface area (TPSA) is 172 Å². The van der Waals surface area contributed by atoms with Crippen molar-refractivity contribution in [2.75, 3.05) is 43.5 Å². The molecule has 142 valence electrons. The third-order valence-electron chi connectivity index (χ3n) is 4.62. The van der Waals surface area contributed by atoms with Crippen molar-refractivity contribution in [2.45, 2.75) is 24.5 Å². The number of nitrogens with zero attached hydrogens (tertiary/aromatic N) is 4. The molecule has 12 heteroatoms. The molecule has 2 aliphatic heterocycles. The van der Waals surface area contributed by atoms with Crippen molar-refractivity contribution in [2.24, 2.45) is 0 Å². The van der Waals surface area contributed by atoms with Crippen LogP contribution >= 0.6 is 0 Å². The number of ether oxygens (including phenoxy) is 2. The van der Waals surface area contributed by atoms with Gasteiger partial charge in [-0.05, 0) is 0 Å². The number of morpholine rings is 1. The second kappa shape index (κ2) is 6.48. The molecular weight excluding hydrogens is 348 g/mol. The Kier molecular flexibility index (Phi) is 4.28. The molecule has 0 aliphatic carbocycles. The molecule has 4 atom stereocenters. The van der Waals surface area contributed by atoms with Gasteiger partial charge in [-0.1, -0.05) is 0 Å². The Morgan fingerprint density at radius 2 is 1.96 bits per heavy atom. The van der Waals surface area contributed by atoms with E-state index in [1.807, 2.05) is 4.90 Å². The van der Waals surface area contributed by atoms with Crippen molar-refractivity contribution in [3.63, 3.8) is 0 Å². The summed E-state index contributed by atoms with van der Waals surface area (Å²) in [6, 6.07) is 0. The fourth-order valence-electron chi connectivity index (χ4n) is 3.30. The average molecular weight is 368 g/mol. The fraction of sp³-hybridized carbons (Fsp3) is 0.643. The first-order chi connectivity index (χ1) is 12.5. The van der Waals surface area contributed by atoms with E-state index in [-0.39, 0.29) is 17.1 Å². The van der Waals surface area contributed by atoms with Crippen LogP contribution in [-0.2, 0) is 9.47 Å². The third kappa shape index (κ3) is 2.62. The van der Waals surface area contributed by atoms with Gasteiger partial charge in [-0.15, -0.1) is 0 Å². The van der Waals surface area contributed by atoms with Gasteiger partial charge in [0.25, 0.3) is 5.56 Å². The van der Waals surface area contributed by atoms with Crippen molar-refractivity contribution < 1.29 is 24.8 Å². The van der Waals surface area contributed by atoms with E-state index in [4.69, 9.17) is 15.2 Å². The molecule has 2 aromatic rings. The van der Waals surface area contributed by atoms with Gasteiger partial charge in [0.1, 0.15) is 18.3 Å². The maximum Gasteiger partial charge on any atom is 0.280 e. The molecular formula is C14H20N6O6. The van der Waals surface area contributed by atoms with Gasteiger partial charge in [0.05, 0.1) is 19.8 Å². The quantitative estimate of drug-likeness (QED) is 0.379. The van der Waals surface area contributed by atoms with Crippen LogP contribution in [0.5, 0.6) is 0 Å². The Hall–Kier alpha value is -2.25. The highest BCUT2D eigenvalue weighted by Crippen LogP contribution is 2.35. The van der Waals surface area contributed by atoms with E-state index in [9.17, 15) is 20.1 Å². The lowest BCUT2D eigenvalue weighted by Gasteiger charge is -2.30. The molecule has 0 radical (unpaired) electrons.